The summed E-state index contributed by atoms with van der Waals surface area (Å²) in [7, 11) is 0. The fourth-order valence-corrected chi connectivity index (χ4v) is 4.30. The molecule has 4 aromatic rings. The Morgan fingerprint density at radius 1 is 1.00 bits per heavy atom. The molecule has 6 heteroatoms. The second-order valence-corrected chi connectivity index (χ2v) is 8.40. The zero-order valence-corrected chi connectivity index (χ0v) is 18.4. The fourth-order valence-electron chi connectivity index (χ4n) is 4.08. The molecule has 162 valence electrons. The van der Waals surface area contributed by atoms with Crippen LogP contribution in [0.2, 0.25) is 5.02 Å². The molecule has 2 heterocycles. The molecule has 1 saturated heterocycles. The average molecular weight is 446 g/mol. The van der Waals surface area contributed by atoms with Crippen molar-refractivity contribution in [2.75, 3.05) is 31.5 Å². The van der Waals surface area contributed by atoms with Gasteiger partial charge in [0.25, 0.3) is 5.91 Å². The second-order valence-electron chi connectivity index (χ2n) is 7.99. The quantitative estimate of drug-likeness (QED) is 0.431. The Bertz CT molecular complexity index is 1260. The molecule has 0 aliphatic carbocycles. The van der Waals surface area contributed by atoms with Crippen molar-refractivity contribution < 1.29 is 9.21 Å². The average Bonchev–Trinajstić information content (AvgIpc) is 3.23. The van der Waals surface area contributed by atoms with E-state index in [0.29, 0.717) is 16.3 Å². The molecule has 0 radical (unpaired) electrons. The molecule has 1 amide bonds. The van der Waals surface area contributed by atoms with Crippen molar-refractivity contribution in [3.63, 3.8) is 0 Å². The topological polar surface area (TPSA) is 57.5 Å². The van der Waals surface area contributed by atoms with Gasteiger partial charge in [-0.15, -0.1) is 0 Å². The van der Waals surface area contributed by atoms with Crippen LogP contribution in [0.15, 0.2) is 77.2 Å². The van der Waals surface area contributed by atoms with Crippen LogP contribution in [-0.4, -0.2) is 37.0 Å². The molecule has 1 aromatic heterocycles. The summed E-state index contributed by atoms with van der Waals surface area (Å²) >= 11 is 6.19. The number of halogens is 1. The Balaban J connectivity index is 1.41. The van der Waals surface area contributed by atoms with Crippen molar-refractivity contribution in [1.29, 1.82) is 0 Å². The SMILES string of the molecule is O=C(Nc1ccccc1-c1cc2ccc(CN3CCNCC3)cc2o1)c1ccccc1Cl. The van der Waals surface area contributed by atoms with Gasteiger partial charge in [-0.1, -0.05) is 48.0 Å². The number of nitrogens with one attached hydrogen (secondary N) is 2. The number of rotatable bonds is 5. The maximum atomic E-state index is 12.8. The third-order valence-electron chi connectivity index (χ3n) is 5.76. The van der Waals surface area contributed by atoms with Crippen LogP contribution in [0.1, 0.15) is 15.9 Å². The van der Waals surface area contributed by atoms with Gasteiger partial charge in [-0.25, -0.2) is 0 Å². The first-order chi connectivity index (χ1) is 15.7. The van der Waals surface area contributed by atoms with E-state index in [2.05, 4.69) is 33.7 Å². The summed E-state index contributed by atoms with van der Waals surface area (Å²) in [6.45, 7) is 5.09. The summed E-state index contributed by atoms with van der Waals surface area (Å²) in [6.07, 6.45) is 0. The predicted octanol–water partition coefficient (Wildman–Crippen LogP) is 5.41. The maximum absolute atomic E-state index is 12.8. The Labute approximate surface area is 192 Å². The highest BCUT2D eigenvalue weighted by Gasteiger charge is 2.16. The number of hydrogen-bond donors (Lipinski definition) is 2. The number of carbonyl (C=O) groups is 1. The van der Waals surface area contributed by atoms with E-state index in [0.717, 1.165) is 55.0 Å². The molecule has 2 N–H and O–H groups in total. The van der Waals surface area contributed by atoms with Crippen molar-refractivity contribution >= 4 is 34.2 Å². The molecule has 1 fully saturated rings. The smallest absolute Gasteiger partial charge is 0.257 e. The van der Waals surface area contributed by atoms with Crippen LogP contribution in [0.3, 0.4) is 0 Å². The molecule has 0 bridgehead atoms. The lowest BCUT2D eigenvalue weighted by Crippen LogP contribution is -2.42. The standard InChI is InChI=1S/C26H24ClN3O2/c27-22-7-3-1-5-20(22)26(31)29-23-8-4-2-6-21(23)25-16-19-10-9-18(15-24(19)32-25)17-30-13-11-28-12-14-30/h1-10,15-16,28H,11-14,17H2,(H,29,31). The zero-order valence-electron chi connectivity index (χ0n) is 17.6. The monoisotopic (exact) mass is 445 g/mol. The van der Waals surface area contributed by atoms with Crippen LogP contribution in [-0.2, 0) is 6.54 Å². The molecule has 0 saturated carbocycles. The minimum Gasteiger partial charge on any atom is -0.456 e. The lowest BCUT2D eigenvalue weighted by atomic mass is 10.1. The van der Waals surface area contributed by atoms with Crippen LogP contribution in [0.25, 0.3) is 22.3 Å². The Morgan fingerprint density at radius 2 is 1.78 bits per heavy atom. The van der Waals surface area contributed by atoms with Crippen molar-refractivity contribution in [3.05, 3.63) is 88.9 Å². The lowest BCUT2D eigenvalue weighted by Gasteiger charge is -2.27. The Kier molecular flexibility index (Phi) is 5.95. The molecule has 1 aliphatic rings. The van der Waals surface area contributed by atoms with Crippen LogP contribution < -0.4 is 10.6 Å². The minimum atomic E-state index is -0.252. The first-order valence-corrected chi connectivity index (χ1v) is 11.2. The first-order valence-electron chi connectivity index (χ1n) is 10.8. The summed E-state index contributed by atoms with van der Waals surface area (Å²) in [5, 5.41) is 7.82. The number of benzene rings is 3. The number of furan rings is 1. The minimum absolute atomic E-state index is 0.252. The normalized spacial score (nSPS) is 14.5. The van der Waals surface area contributed by atoms with Gasteiger partial charge in [0.05, 0.1) is 16.3 Å². The molecule has 5 rings (SSSR count). The number of piperazine rings is 1. The molecular formula is C26H24ClN3O2. The van der Waals surface area contributed by atoms with Crippen molar-refractivity contribution in [3.8, 4) is 11.3 Å². The van der Waals surface area contributed by atoms with E-state index < -0.39 is 0 Å². The number of hydrogen-bond acceptors (Lipinski definition) is 4. The third-order valence-corrected chi connectivity index (χ3v) is 6.09. The first kappa shape index (κ1) is 20.8. The molecule has 0 spiro atoms. The van der Waals surface area contributed by atoms with Crippen molar-refractivity contribution in [2.45, 2.75) is 6.54 Å². The Morgan fingerprint density at radius 3 is 2.62 bits per heavy atom. The number of amides is 1. The van der Waals surface area contributed by atoms with E-state index in [1.807, 2.05) is 30.3 Å². The summed E-state index contributed by atoms with van der Waals surface area (Å²) in [5.41, 5.74) is 4.02. The van der Waals surface area contributed by atoms with Gasteiger partial charge in [-0.05, 0) is 42.0 Å². The Hall–Kier alpha value is -3.12. The van der Waals surface area contributed by atoms with Gasteiger partial charge in [0, 0.05) is 43.7 Å². The summed E-state index contributed by atoms with van der Waals surface area (Å²) in [4.78, 5) is 15.2. The number of fused-ring (bicyclic) bond motifs is 1. The predicted molar refractivity (Wildman–Crippen MR) is 129 cm³/mol. The summed E-state index contributed by atoms with van der Waals surface area (Å²) in [5.74, 6) is 0.465. The number of nitrogens with zero attached hydrogens (tertiary/aromatic N) is 1. The molecule has 5 nitrogen and oxygen atoms in total. The van der Waals surface area contributed by atoms with E-state index in [1.54, 1.807) is 24.3 Å². The molecule has 0 unspecified atom stereocenters. The second kappa shape index (κ2) is 9.17. The van der Waals surface area contributed by atoms with Crippen LogP contribution in [0.4, 0.5) is 5.69 Å². The number of anilines is 1. The fraction of sp³-hybridized carbons (Fsp3) is 0.192. The summed E-state index contributed by atoms with van der Waals surface area (Å²) in [6, 6.07) is 23.1. The van der Waals surface area contributed by atoms with Gasteiger partial charge in [0.15, 0.2) is 0 Å². The summed E-state index contributed by atoms with van der Waals surface area (Å²) < 4.78 is 6.23. The van der Waals surface area contributed by atoms with E-state index in [1.165, 1.54) is 5.56 Å². The molecule has 0 atom stereocenters. The van der Waals surface area contributed by atoms with Gasteiger partial charge < -0.3 is 15.1 Å². The largest absolute Gasteiger partial charge is 0.456 e. The van der Waals surface area contributed by atoms with Gasteiger partial charge in [0.1, 0.15) is 11.3 Å². The van der Waals surface area contributed by atoms with E-state index in [4.69, 9.17) is 16.0 Å². The highest BCUT2D eigenvalue weighted by molar-refractivity contribution is 6.34. The van der Waals surface area contributed by atoms with E-state index >= 15 is 0 Å². The third kappa shape index (κ3) is 4.41. The van der Waals surface area contributed by atoms with Gasteiger partial charge in [-0.2, -0.15) is 0 Å². The lowest BCUT2D eigenvalue weighted by molar-refractivity contribution is 0.102. The van der Waals surface area contributed by atoms with E-state index in [-0.39, 0.29) is 5.91 Å². The zero-order chi connectivity index (χ0) is 21.9. The highest BCUT2D eigenvalue weighted by Crippen LogP contribution is 2.33. The number of carbonyl (C=O) groups excluding carboxylic acids is 1. The van der Waals surface area contributed by atoms with Crippen molar-refractivity contribution in [1.82, 2.24) is 10.2 Å². The van der Waals surface area contributed by atoms with Crippen LogP contribution in [0.5, 0.6) is 0 Å². The van der Waals surface area contributed by atoms with Gasteiger partial charge in [0.2, 0.25) is 0 Å². The van der Waals surface area contributed by atoms with Crippen LogP contribution in [0, 0.1) is 0 Å². The molecule has 32 heavy (non-hydrogen) atoms. The van der Waals surface area contributed by atoms with Crippen LogP contribution >= 0.6 is 11.6 Å². The van der Waals surface area contributed by atoms with Gasteiger partial charge in [-0.3, -0.25) is 9.69 Å². The molecule has 3 aromatic carbocycles. The molecule has 1 aliphatic heterocycles. The van der Waals surface area contributed by atoms with Crippen molar-refractivity contribution in [2.24, 2.45) is 0 Å². The number of para-hydroxylation sites is 1. The highest BCUT2D eigenvalue weighted by atomic mass is 35.5. The van der Waals surface area contributed by atoms with Gasteiger partial charge >= 0.3 is 0 Å². The maximum Gasteiger partial charge on any atom is 0.257 e. The molecular weight excluding hydrogens is 422 g/mol. The van der Waals surface area contributed by atoms with E-state index in [9.17, 15) is 4.79 Å².